The molecule has 122 valence electrons. The number of rotatable bonds is 6. The Hall–Kier alpha value is -1.73. The second-order valence-corrected chi connectivity index (χ2v) is 5.25. The highest BCUT2D eigenvalue weighted by Gasteiger charge is 2.24. The summed E-state index contributed by atoms with van der Waals surface area (Å²) in [5.41, 5.74) is 0. The van der Waals surface area contributed by atoms with Gasteiger partial charge in [0.15, 0.2) is 5.82 Å². The summed E-state index contributed by atoms with van der Waals surface area (Å²) in [5.74, 6) is 0.901. The highest BCUT2D eigenvalue weighted by molar-refractivity contribution is 5.80. The van der Waals surface area contributed by atoms with Crippen LogP contribution in [-0.2, 0) is 14.3 Å². The lowest BCUT2D eigenvalue weighted by Crippen LogP contribution is -2.41. The minimum atomic E-state index is -0.432. The van der Waals surface area contributed by atoms with Gasteiger partial charge in [0.05, 0.1) is 13.2 Å². The van der Waals surface area contributed by atoms with Crippen LogP contribution in [0.15, 0.2) is 18.3 Å². The number of carbonyl (C=O) groups excluding carboxylic acids is 1. The number of hydrogen-bond donors (Lipinski definition) is 0. The van der Waals surface area contributed by atoms with Gasteiger partial charge in [0, 0.05) is 39.5 Å². The number of hydrogen-bond acceptors (Lipinski definition) is 6. The van der Waals surface area contributed by atoms with Gasteiger partial charge in [-0.2, -0.15) is 5.10 Å². The van der Waals surface area contributed by atoms with Crippen molar-refractivity contribution in [3.63, 3.8) is 0 Å². The van der Waals surface area contributed by atoms with Crippen molar-refractivity contribution in [3.8, 4) is 0 Å². The second-order valence-electron chi connectivity index (χ2n) is 5.25. The number of methoxy groups -OCH3 is 1. The van der Waals surface area contributed by atoms with Crippen LogP contribution in [0.4, 0.5) is 5.82 Å². The van der Waals surface area contributed by atoms with Crippen LogP contribution in [0.3, 0.4) is 0 Å². The minimum absolute atomic E-state index is 0.0390. The smallest absolute Gasteiger partial charge is 0.251 e. The van der Waals surface area contributed by atoms with Gasteiger partial charge >= 0.3 is 0 Å². The first kappa shape index (κ1) is 16.6. The molecule has 7 heteroatoms. The zero-order valence-corrected chi connectivity index (χ0v) is 13.3. The van der Waals surface area contributed by atoms with E-state index < -0.39 is 6.10 Å². The molecule has 0 aliphatic carbocycles. The van der Waals surface area contributed by atoms with Crippen LogP contribution in [0.25, 0.3) is 0 Å². The van der Waals surface area contributed by atoms with Crippen molar-refractivity contribution < 1.29 is 14.3 Å². The molecule has 1 aliphatic heterocycles. The molecule has 1 aromatic heterocycles. The fourth-order valence-electron chi connectivity index (χ4n) is 2.47. The Balaban J connectivity index is 1.85. The predicted octanol–water partition coefficient (Wildman–Crippen LogP) is 0.567. The molecule has 2 rings (SSSR count). The molecule has 0 radical (unpaired) electrons. The average Bonchev–Trinajstić information content (AvgIpc) is 2.81. The van der Waals surface area contributed by atoms with Gasteiger partial charge in [-0.3, -0.25) is 4.79 Å². The molecule has 22 heavy (non-hydrogen) atoms. The fraction of sp³-hybridized carbons (Fsp3) is 0.667. The largest absolute Gasteiger partial charge is 0.382 e. The number of amides is 1. The summed E-state index contributed by atoms with van der Waals surface area (Å²) < 4.78 is 10.4. The maximum atomic E-state index is 12.4. The SMILES string of the molecule is COCCOC(C)C(=O)N1CCCN(c2cccnn2)CC1. The van der Waals surface area contributed by atoms with Crippen LogP contribution in [0.1, 0.15) is 13.3 Å². The number of aromatic nitrogens is 2. The zero-order chi connectivity index (χ0) is 15.8. The summed E-state index contributed by atoms with van der Waals surface area (Å²) in [4.78, 5) is 16.4. The molecule has 1 aliphatic rings. The van der Waals surface area contributed by atoms with Crippen molar-refractivity contribution in [1.82, 2.24) is 15.1 Å². The second kappa shape index (κ2) is 8.65. The van der Waals surface area contributed by atoms with Crippen molar-refractivity contribution in [2.45, 2.75) is 19.4 Å². The van der Waals surface area contributed by atoms with Gasteiger partial charge in [-0.05, 0) is 25.5 Å². The summed E-state index contributed by atoms with van der Waals surface area (Å²) in [6, 6.07) is 3.82. The van der Waals surface area contributed by atoms with Crippen LogP contribution in [0.2, 0.25) is 0 Å². The molecular weight excluding hydrogens is 284 g/mol. The number of carbonyl (C=O) groups is 1. The Labute approximate surface area is 131 Å². The first-order valence-electron chi connectivity index (χ1n) is 7.64. The van der Waals surface area contributed by atoms with Crippen LogP contribution in [0, 0.1) is 0 Å². The third-order valence-electron chi connectivity index (χ3n) is 3.69. The van der Waals surface area contributed by atoms with Crippen molar-refractivity contribution >= 4 is 11.7 Å². The highest BCUT2D eigenvalue weighted by atomic mass is 16.5. The third kappa shape index (κ3) is 4.64. The summed E-state index contributed by atoms with van der Waals surface area (Å²) >= 11 is 0. The van der Waals surface area contributed by atoms with Gasteiger partial charge in [0.2, 0.25) is 0 Å². The maximum absolute atomic E-state index is 12.4. The van der Waals surface area contributed by atoms with E-state index in [0.29, 0.717) is 19.8 Å². The van der Waals surface area contributed by atoms with Crippen molar-refractivity contribution in [3.05, 3.63) is 18.3 Å². The maximum Gasteiger partial charge on any atom is 0.251 e. The first-order valence-corrected chi connectivity index (χ1v) is 7.64. The van der Waals surface area contributed by atoms with E-state index in [1.54, 1.807) is 20.2 Å². The molecule has 1 amide bonds. The molecule has 7 nitrogen and oxygen atoms in total. The highest BCUT2D eigenvalue weighted by Crippen LogP contribution is 2.13. The van der Waals surface area contributed by atoms with Crippen LogP contribution >= 0.6 is 0 Å². The third-order valence-corrected chi connectivity index (χ3v) is 3.69. The lowest BCUT2D eigenvalue weighted by molar-refractivity contribution is -0.143. The van der Waals surface area contributed by atoms with Gasteiger partial charge in [0.1, 0.15) is 6.10 Å². The van der Waals surface area contributed by atoms with Crippen molar-refractivity contribution in [2.24, 2.45) is 0 Å². The van der Waals surface area contributed by atoms with Crippen molar-refractivity contribution in [2.75, 3.05) is 51.4 Å². The molecule has 1 saturated heterocycles. The topological polar surface area (TPSA) is 67.8 Å². The monoisotopic (exact) mass is 308 g/mol. The van der Waals surface area contributed by atoms with Crippen LogP contribution < -0.4 is 4.90 Å². The molecule has 1 aromatic rings. The first-order chi connectivity index (χ1) is 10.7. The lowest BCUT2D eigenvalue weighted by Gasteiger charge is -2.25. The van der Waals surface area contributed by atoms with E-state index in [0.717, 1.165) is 31.9 Å². The summed E-state index contributed by atoms with van der Waals surface area (Å²) in [5, 5.41) is 8.04. The minimum Gasteiger partial charge on any atom is -0.382 e. The normalized spacial score (nSPS) is 17.2. The molecule has 1 fully saturated rings. The van der Waals surface area contributed by atoms with E-state index in [-0.39, 0.29) is 5.91 Å². The van der Waals surface area contributed by atoms with Crippen molar-refractivity contribution in [1.29, 1.82) is 0 Å². The standard InChI is InChI=1S/C15H24N4O3/c1-13(22-12-11-21-2)15(20)19-8-4-7-18(9-10-19)14-5-3-6-16-17-14/h3,5-6,13H,4,7-12H2,1-2H3. The molecule has 0 N–H and O–H groups in total. The van der Waals surface area contributed by atoms with E-state index in [4.69, 9.17) is 9.47 Å². The van der Waals surface area contributed by atoms with E-state index in [9.17, 15) is 4.79 Å². The quantitative estimate of drug-likeness (QED) is 0.716. The number of anilines is 1. The molecular formula is C15H24N4O3. The Morgan fingerprint density at radius 1 is 1.32 bits per heavy atom. The van der Waals surface area contributed by atoms with Gasteiger partial charge in [0.25, 0.3) is 5.91 Å². The average molecular weight is 308 g/mol. The Bertz CT molecular complexity index is 457. The Morgan fingerprint density at radius 2 is 2.18 bits per heavy atom. The summed E-state index contributed by atoms with van der Waals surface area (Å²) in [6.45, 7) is 5.78. The van der Waals surface area contributed by atoms with Gasteiger partial charge in [-0.15, -0.1) is 5.10 Å². The Morgan fingerprint density at radius 3 is 2.91 bits per heavy atom. The Kier molecular flexibility index (Phi) is 6.54. The van der Waals surface area contributed by atoms with E-state index in [1.807, 2.05) is 17.0 Å². The number of ether oxygens (including phenoxy) is 2. The molecule has 0 bridgehead atoms. The molecule has 0 spiro atoms. The van der Waals surface area contributed by atoms with Gasteiger partial charge < -0.3 is 19.3 Å². The number of nitrogens with zero attached hydrogens (tertiary/aromatic N) is 4. The van der Waals surface area contributed by atoms with Gasteiger partial charge in [-0.1, -0.05) is 0 Å². The van der Waals surface area contributed by atoms with E-state index >= 15 is 0 Å². The molecule has 1 atom stereocenters. The zero-order valence-electron chi connectivity index (χ0n) is 13.3. The molecule has 0 aromatic carbocycles. The van der Waals surface area contributed by atoms with E-state index in [1.165, 1.54) is 0 Å². The summed E-state index contributed by atoms with van der Waals surface area (Å²) in [6.07, 6.45) is 2.14. The molecule has 2 heterocycles. The molecule has 1 unspecified atom stereocenters. The van der Waals surface area contributed by atoms with Gasteiger partial charge in [-0.25, -0.2) is 0 Å². The van der Waals surface area contributed by atoms with Crippen LogP contribution in [-0.4, -0.2) is 73.6 Å². The van der Waals surface area contributed by atoms with E-state index in [2.05, 4.69) is 15.1 Å². The fourth-order valence-corrected chi connectivity index (χ4v) is 2.47. The predicted molar refractivity (Wildman–Crippen MR) is 82.7 cm³/mol. The lowest BCUT2D eigenvalue weighted by atomic mass is 10.3. The summed E-state index contributed by atoms with van der Waals surface area (Å²) in [7, 11) is 1.62. The van der Waals surface area contributed by atoms with Crippen LogP contribution in [0.5, 0.6) is 0 Å². The molecule has 0 saturated carbocycles.